The molecule has 33 heavy (non-hydrogen) atoms. The number of hydrogen-bond acceptors (Lipinski definition) is 9. The van der Waals surface area contributed by atoms with Crippen LogP contribution in [0.25, 0.3) is 0 Å². The molecule has 0 aromatic rings. The van der Waals surface area contributed by atoms with Crippen LogP contribution in [0.5, 0.6) is 0 Å². The van der Waals surface area contributed by atoms with E-state index < -0.39 is 0 Å². The molecule has 5 rings (SSSR count). The van der Waals surface area contributed by atoms with Crippen LogP contribution in [0.1, 0.15) is 0 Å². The fourth-order valence-corrected chi connectivity index (χ4v) is 5.18. The van der Waals surface area contributed by atoms with Crippen LogP contribution in [0.4, 0.5) is 0 Å². The molecule has 9 heteroatoms. The third-order valence-electron chi connectivity index (χ3n) is 7.71. The highest BCUT2D eigenvalue weighted by molar-refractivity contribution is 4.74. The summed E-state index contributed by atoms with van der Waals surface area (Å²) in [5.41, 5.74) is 0. The summed E-state index contributed by atoms with van der Waals surface area (Å²) in [5, 5.41) is 0. The third kappa shape index (κ3) is 9.66. The molecule has 0 aliphatic carbocycles. The van der Waals surface area contributed by atoms with Gasteiger partial charge in [-0.05, 0) is 0 Å². The SMILES string of the molecule is C1CN2CCN3CCOCCN4CCN(CCO1)CCN(CCOCCN(CC2)CC3)CC4. The van der Waals surface area contributed by atoms with E-state index in [1.54, 1.807) is 0 Å². The van der Waals surface area contributed by atoms with Crippen LogP contribution in [0.3, 0.4) is 0 Å². The van der Waals surface area contributed by atoms with E-state index in [1.807, 2.05) is 0 Å². The molecule has 9 nitrogen and oxygen atoms in total. The molecule has 0 atom stereocenters. The van der Waals surface area contributed by atoms with Gasteiger partial charge in [-0.2, -0.15) is 0 Å². The van der Waals surface area contributed by atoms with Crippen molar-refractivity contribution in [2.75, 3.05) is 157 Å². The molecule has 5 aliphatic rings. The monoisotopic (exact) mass is 468 g/mol. The summed E-state index contributed by atoms with van der Waals surface area (Å²) < 4.78 is 18.4. The quantitative estimate of drug-likeness (QED) is 0.441. The number of rotatable bonds is 0. The lowest BCUT2D eigenvalue weighted by Gasteiger charge is -2.27. The van der Waals surface area contributed by atoms with Crippen molar-refractivity contribution in [1.82, 2.24) is 29.4 Å². The fraction of sp³-hybridized carbons (Fsp3) is 1.00. The van der Waals surface area contributed by atoms with Crippen LogP contribution in [0, 0.1) is 0 Å². The Morgan fingerprint density at radius 2 is 0.364 bits per heavy atom. The zero-order valence-corrected chi connectivity index (χ0v) is 20.9. The van der Waals surface area contributed by atoms with E-state index in [1.165, 1.54) is 0 Å². The minimum absolute atomic E-state index is 0.832. The topological polar surface area (TPSA) is 47.1 Å². The first-order valence-electron chi connectivity index (χ1n) is 13.4. The normalized spacial score (nSPS) is 39.3. The highest BCUT2D eigenvalue weighted by Gasteiger charge is 2.19. The average Bonchev–Trinajstić information content (AvgIpc) is 2.98. The molecule has 0 radical (unpaired) electrons. The lowest BCUT2D eigenvalue weighted by molar-refractivity contribution is 0.0636. The van der Waals surface area contributed by atoms with E-state index in [0.29, 0.717) is 0 Å². The Kier molecular flexibility index (Phi) is 11.6. The molecule has 5 fully saturated rings. The first-order chi connectivity index (χ1) is 16.3. The molecule has 6 bridgehead atoms. The molecule has 5 saturated heterocycles. The van der Waals surface area contributed by atoms with Crippen LogP contribution in [0.15, 0.2) is 0 Å². The molecule has 5 aliphatic heterocycles. The second-order valence-corrected chi connectivity index (χ2v) is 9.89. The van der Waals surface area contributed by atoms with Gasteiger partial charge in [-0.25, -0.2) is 0 Å². The summed E-state index contributed by atoms with van der Waals surface area (Å²) in [6, 6.07) is 0. The highest BCUT2D eigenvalue weighted by atomic mass is 16.5. The molecule has 0 N–H and O–H groups in total. The molecule has 0 amide bonds. The van der Waals surface area contributed by atoms with Crippen molar-refractivity contribution in [2.24, 2.45) is 0 Å². The van der Waals surface area contributed by atoms with Gasteiger partial charge in [-0.15, -0.1) is 0 Å². The molecule has 0 spiro atoms. The van der Waals surface area contributed by atoms with Gasteiger partial charge in [0.25, 0.3) is 0 Å². The standard InChI is InChI=1S/C24H48N6O3/c1-2-26-5-6-27-4-3-25(1)13-19-31-21-16-28-7-9-29(17-23-32-20-14-26)11-12-30(10-8-28)18-24-33-22-15-27/h1-24H2. The Morgan fingerprint density at radius 1 is 0.212 bits per heavy atom. The Labute approximate surface area is 201 Å². The molecule has 0 saturated carbocycles. The summed E-state index contributed by atoms with van der Waals surface area (Å²) >= 11 is 0. The predicted octanol–water partition coefficient (Wildman–Crippen LogP) is -1.10. The summed E-state index contributed by atoms with van der Waals surface area (Å²) in [5.74, 6) is 0. The number of fused-ring (bicyclic) bond motifs is 18. The second kappa shape index (κ2) is 14.9. The molecule has 0 unspecified atom stereocenters. The van der Waals surface area contributed by atoms with E-state index >= 15 is 0 Å². The first-order valence-corrected chi connectivity index (χ1v) is 13.4. The maximum absolute atomic E-state index is 6.15. The zero-order chi connectivity index (χ0) is 22.6. The van der Waals surface area contributed by atoms with Gasteiger partial charge >= 0.3 is 0 Å². The van der Waals surface area contributed by atoms with Crippen LogP contribution >= 0.6 is 0 Å². The van der Waals surface area contributed by atoms with E-state index in [9.17, 15) is 0 Å². The van der Waals surface area contributed by atoms with Crippen LogP contribution in [-0.4, -0.2) is 187 Å². The molecule has 5 heterocycles. The molecular formula is C24H48N6O3. The van der Waals surface area contributed by atoms with Crippen molar-refractivity contribution < 1.29 is 14.2 Å². The summed E-state index contributed by atoms with van der Waals surface area (Å²) in [6.45, 7) is 24.5. The minimum atomic E-state index is 0.832. The van der Waals surface area contributed by atoms with Crippen molar-refractivity contribution in [2.45, 2.75) is 0 Å². The van der Waals surface area contributed by atoms with Gasteiger partial charge in [0.05, 0.1) is 39.6 Å². The Balaban J connectivity index is 1.48. The van der Waals surface area contributed by atoms with Crippen LogP contribution in [-0.2, 0) is 14.2 Å². The number of nitrogens with zero attached hydrogens (tertiary/aromatic N) is 6. The van der Waals surface area contributed by atoms with Crippen molar-refractivity contribution in [3.63, 3.8) is 0 Å². The molecular weight excluding hydrogens is 420 g/mol. The first kappa shape index (κ1) is 25.7. The highest BCUT2D eigenvalue weighted by Crippen LogP contribution is 2.05. The number of ether oxygens (including phenoxy) is 3. The molecule has 192 valence electrons. The zero-order valence-electron chi connectivity index (χ0n) is 20.9. The Hall–Kier alpha value is -0.360. The smallest absolute Gasteiger partial charge is 0.0594 e. The van der Waals surface area contributed by atoms with E-state index in [4.69, 9.17) is 14.2 Å². The average molecular weight is 469 g/mol. The molecule has 0 aromatic heterocycles. The van der Waals surface area contributed by atoms with Crippen molar-refractivity contribution in [3.8, 4) is 0 Å². The van der Waals surface area contributed by atoms with Crippen molar-refractivity contribution in [3.05, 3.63) is 0 Å². The summed E-state index contributed by atoms with van der Waals surface area (Å²) in [7, 11) is 0. The lowest BCUT2D eigenvalue weighted by atomic mass is 10.4. The Morgan fingerprint density at radius 3 is 0.515 bits per heavy atom. The van der Waals surface area contributed by atoms with E-state index in [-0.39, 0.29) is 0 Å². The van der Waals surface area contributed by atoms with Gasteiger partial charge in [0, 0.05) is 118 Å². The minimum Gasteiger partial charge on any atom is -0.379 e. The summed E-state index contributed by atoms with van der Waals surface area (Å²) in [6.07, 6.45) is 0. The second-order valence-electron chi connectivity index (χ2n) is 9.89. The van der Waals surface area contributed by atoms with E-state index in [0.717, 1.165) is 157 Å². The van der Waals surface area contributed by atoms with Crippen LogP contribution < -0.4 is 0 Å². The van der Waals surface area contributed by atoms with Gasteiger partial charge in [0.1, 0.15) is 0 Å². The maximum Gasteiger partial charge on any atom is 0.0594 e. The molecule has 0 aromatic carbocycles. The van der Waals surface area contributed by atoms with E-state index in [2.05, 4.69) is 29.4 Å². The summed E-state index contributed by atoms with van der Waals surface area (Å²) in [4.78, 5) is 15.6. The van der Waals surface area contributed by atoms with Gasteiger partial charge in [0.15, 0.2) is 0 Å². The van der Waals surface area contributed by atoms with Gasteiger partial charge < -0.3 is 14.2 Å². The van der Waals surface area contributed by atoms with Gasteiger partial charge in [-0.3, -0.25) is 29.4 Å². The van der Waals surface area contributed by atoms with Crippen molar-refractivity contribution >= 4 is 0 Å². The van der Waals surface area contributed by atoms with Crippen molar-refractivity contribution in [1.29, 1.82) is 0 Å². The lowest BCUT2D eigenvalue weighted by Crippen LogP contribution is -2.41. The third-order valence-corrected chi connectivity index (χ3v) is 7.71. The predicted molar refractivity (Wildman–Crippen MR) is 131 cm³/mol. The largest absolute Gasteiger partial charge is 0.379 e. The Bertz CT molecular complexity index is 393. The van der Waals surface area contributed by atoms with Gasteiger partial charge in [0.2, 0.25) is 0 Å². The maximum atomic E-state index is 6.15. The van der Waals surface area contributed by atoms with Crippen LogP contribution in [0.2, 0.25) is 0 Å². The number of hydrogen-bond donors (Lipinski definition) is 0. The fourth-order valence-electron chi connectivity index (χ4n) is 5.18. The van der Waals surface area contributed by atoms with Gasteiger partial charge in [-0.1, -0.05) is 0 Å².